The average Bonchev–Trinajstić information content (AvgIpc) is 2.80. The number of H-pyrrole nitrogens is 1. The van der Waals surface area contributed by atoms with Crippen molar-refractivity contribution in [2.45, 2.75) is 31.8 Å². The molecule has 0 bridgehead atoms. The molecule has 2 N–H and O–H groups in total. The number of carboxylic acid groups (broad SMARTS) is 1. The number of rotatable bonds is 3. The SMILES string of the molecule is CCC1(CC(=O)O)OCCc2c1[nH]c1c(I)cccc21. The molecule has 0 saturated heterocycles. The van der Waals surface area contributed by atoms with Crippen molar-refractivity contribution in [3.63, 3.8) is 0 Å². The lowest BCUT2D eigenvalue weighted by Crippen LogP contribution is -2.37. The number of carbonyl (C=O) groups is 1. The van der Waals surface area contributed by atoms with Crippen molar-refractivity contribution in [3.8, 4) is 0 Å². The van der Waals surface area contributed by atoms with Gasteiger partial charge in [0.2, 0.25) is 0 Å². The zero-order valence-corrected chi connectivity index (χ0v) is 13.4. The van der Waals surface area contributed by atoms with Gasteiger partial charge < -0.3 is 14.8 Å². The molecule has 4 nitrogen and oxygen atoms in total. The predicted molar refractivity (Wildman–Crippen MR) is 84.9 cm³/mol. The van der Waals surface area contributed by atoms with Crippen LogP contribution in [0.5, 0.6) is 0 Å². The zero-order valence-electron chi connectivity index (χ0n) is 11.2. The molecular formula is C15H16INO3. The van der Waals surface area contributed by atoms with Gasteiger partial charge in [0.05, 0.1) is 24.2 Å². The van der Waals surface area contributed by atoms with Crippen LogP contribution in [0.3, 0.4) is 0 Å². The smallest absolute Gasteiger partial charge is 0.306 e. The van der Waals surface area contributed by atoms with Crippen LogP contribution in [0.25, 0.3) is 10.9 Å². The molecule has 1 aliphatic heterocycles. The molecule has 1 aromatic carbocycles. The van der Waals surface area contributed by atoms with E-state index < -0.39 is 11.6 Å². The highest BCUT2D eigenvalue weighted by molar-refractivity contribution is 14.1. The average molecular weight is 385 g/mol. The Labute approximate surface area is 130 Å². The number of aliphatic carboxylic acids is 1. The highest BCUT2D eigenvalue weighted by atomic mass is 127. The minimum atomic E-state index is -0.826. The summed E-state index contributed by atoms with van der Waals surface area (Å²) in [4.78, 5) is 14.7. The number of aromatic amines is 1. The van der Waals surface area contributed by atoms with Crippen LogP contribution in [-0.4, -0.2) is 22.7 Å². The number of para-hydroxylation sites is 1. The summed E-state index contributed by atoms with van der Waals surface area (Å²) in [6.45, 7) is 2.56. The van der Waals surface area contributed by atoms with Gasteiger partial charge in [0, 0.05) is 8.96 Å². The van der Waals surface area contributed by atoms with E-state index in [4.69, 9.17) is 4.74 Å². The van der Waals surface area contributed by atoms with Gasteiger partial charge in [-0.2, -0.15) is 0 Å². The number of halogens is 1. The second-order valence-corrected chi connectivity index (χ2v) is 6.32. The minimum absolute atomic E-state index is 0.0000983. The monoisotopic (exact) mass is 385 g/mol. The largest absolute Gasteiger partial charge is 0.481 e. The molecule has 5 heteroatoms. The second kappa shape index (κ2) is 5.04. The molecule has 2 heterocycles. The first-order chi connectivity index (χ1) is 9.57. The third-order valence-corrected chi connectivity index (χ3v) is 4.98. The first-order valence-electron chi connectivity index (χ1n) is 6.72. The molecule has 0 aliphatic carbocycles. The lowest BCUT2D eigenvalue weighted by atomic mass is 9.86. The van der Waals surface area contributed by atoms with Crippen molar-refractivity contribution < 1.29 is 14.6 Å². The summed E-state index contributed by atoms with van der Waals surface area (Å²) in [6.07, 6.45) is 1.48. The number of fused-ring (bicyclic) bond motifs is 3. The Morgan fingerprint density at radius 2 is 2.35 bits per heavy atom. The fraction of sp³-hybridized carbons (Fsp3) is 0.400. The normalized spacial score (nSPS) is 21.9. The van der Waals surface area contributed by atoms with E-state index >= 15 is 0 Å². The summed E-state index contributed by atoms with van der Waals surface area (Å²) < 4.78 is 7.05. The molecule has 3 rings (SSSR count). The summed E-state index contributed by atoms with van der Waals surface area (Å²) in [6, 6.07) is 6.19. The van der Waals surface area contributed by atoms with Gasteiger partial charge in [-0.25, -0.2) is 0 Å². The first-order valence-corrected chi connectivity index (χ1v) is 7.80. The van der Waals surface area contributed by atoms with Gasteiger partial charge >= 0.3 is 5.97 Å². The number of benzene rings is 1. The fourth-order valence-corrected chi connectivity index (χ4v) is 3.73. The summed E-state index contributed by atoms with van der Waals surface area (Å²) in [5.74, 6) is -0.826. The van der Waals surface area contributed by atoms with Crippen LogP contribution in [0.1, 0.15) is 31.0 Å². The maximum atomic E-state index is 11.2. The number of ether oxygens (including phenoxy) is 1. The van der Waals surface area contributed by atoms with E-state index in [-0.39, 0.29) is 6.42 Å². The van der Waals surface area contributed by atoms with Crippen molar-refractivity contribution in [2.24, 2.45) is 0 Å². The summed E-state index contributed by atoms with van der Waals surface area (Å²) in [5.41, 5.74) is 2.54. The van der Waals surface area contributed by atoms with E-state index in [0.29, 0.717) is 13.0 Å². The highest BCUT2D eigenvalue weighted by Gasteiger charge is 2.40. The van der Waals surface area contributed by atoms with E-state index in [1.807, 2.05) is 13.0 Å². The van der Waals surface area contributed by atoms with E-state index in [1.54, 1.807) is 0 Å². The van der Waals surface area contributed by atoms with E-state index in [1.165, 1.54) is 10.9 Å². The number of hydrogen-bond donors (Lipinski definition) is 2. The number of aromatic nitrogens is 1. The van der Waals surface area contributed by atoms with Crippen LogP contribution in [0.2, 0.25) is 0 Å². The molecule has 0 saturated carbocycles. The van der Waals surface area contributed by atoms with Crippen LogP contribution in [0, 0.1) is 3.57 Å². The van der Waals surface area contributed by atoms with Gasteiger partial charge in [0.15, 0.2) is 0 Å². The fourth-order valence-electron chi connectivity index (χ4n) is 3.09. The Morgan fingerprint density at radius 1 is 1.55 bits per heavy atom. The maximum absolute atomic E-state index is 11.2. The highest BCUT2D eigenvalue weighted by Crippen LogP contribution is 2.42. The van der Waals surface area contributed by atoms with Gasteiger partial charge in [-0.1, -0.05) is 19.1 Å². The number of hydrogen-bond acceptors (Lipinski definition) is 2. The molecule has 0 amide bonds. The van der Waals surface area contributed by atoms with E-state index in [2.05, 4.69) is 39.7 Å². The van der Waals surface area contributed by atoms with E-state index in [9.17, 15) is 9.90 Å². The number of nitrogens with one attached hydrogen (secondary N) is 1. The Balaban J connectivity index is 2.24. The summed E-state index contributed by atoms with van der Waals surface area (Å²) in [7, 11) is 0. The zero-order chi connectivity index (χ0) is 14.3. The van der Waals surface area contributed by atoms with Crippen molar-refractivity contribution >= 4 is 39.5 Å². The maximum Gasteiger partial charge on any atom is 0.306 e. The van der Waals surface area contributed by atoms with Gasteiger partial charge in [-0.15, -0.1) is 0 Å². The standard InChI is InChI=1S/C15H16INO3/c1-2-15(8-12(18)19)14-10(6-7-20-15)9-4-3-5-11(16)13(9)17-14/h3-5,17H,2,6-8H2,1H3,(H,18,19). The quantitative estimate of drug-likeness (QED) is 0.796. The molecule has 106 valence electrons. The second-order valence-electron chi connectivity index (χ2n) is 5.16. The molecule has 2 aromatic rings. The third kappa shape index (κ3) is 2.03. The van der Waals surface area contributed by atoms with Crippen molar-refractivity contribution in [1.82, 2.24) is 4.98 Å². The van der Waals surface area contributed by atoms with Gasteiger partial charge in [0.25, 0.3) is 0 Å². The van der Waals surface area contributed by atoms with Crippen LogP contribution in [0.15, 0.2) is 18.2 Å². The van der Waals surface area contributed by atoms with Crippen LogP contribution < -0.4 is 0 Å². The lowest BCUT2D eigenvalue weighted by Gasteiger charge is -2.35. The number of carboxylic acids is 1. The molecule has 0 radical (unpaired) electrons. The molecule has 20 heavy (non-hydrogen) atoms. The van der Waals surface area contributed by atoms with Gasteiger partial charge in [0.1, 0.15) is 5.60 Å². The topological polar surface area (TPSA) is 62.3 Å². The molecular weight excluding hydrogens is 369 g/mol. The van der Waals surface area contributed by atoms with Crippen LogP contribution in [-0.2, 0) is 21.6 Å². The predicted octanol–water partition coefficient (Wildman–Crippen LogP) is 3.43. The Bertz CT molecular complexity index is 679. The van der Waals surface area contributed by atoms with Crippen molar-refractivity contribution in [1.29, 1.82) is 0 Å². The van der Waals surface area contributed by atoms with Gasteiger partial charge in [-0.05, 0) is 47.1 Å². The molecule has 1 unspecified atom stereocenters. The first kappa shape index (κ1) is 13.9. The summed E-state index contributed by atoms with van der Waals surface area (Å²) >= 11 is 2.30. The Morgan fingerprint density at radius 3 is 3.05 bits per heavy atom. The van der Waals surface area contributed by atoms with Gasteiger partial charge in [-0.3, -0.25) is 4.79 Å². The molecule has 0 fully saturated rings. The minimum Gasteiger partial charge on any atom is -0.481 e. The van der Waals surface area contributed by atoms with E-state index in [0.717, 1.165) is 21.2 Å². The van der Waals surface area contributed by atoms with Crippen LogP contribution >= 0.6 is 22.6 Å². The molecule has 1 aliphatic rings. The van der Waals surface area contributed by atoms with Crippen molar-refractivity contribution in [2.75, 3.05) is 6.61 Å². The Kier molecular flexibility index (Phi) is 3.50. The lowest BCUT2D eigenvalue weighted by molar-refractivity contribution is -0.148. The molecule has 1 aromatic heterocycles. The Hall–Kier alpha value is -1.08. The molecule has 0 spiro atoms. The van der Waals surface area contributed by atoms with Crippen molar-refractivity contribution in [3.05, 3.63) is 33.0 Å². The summed E-state index contributed by atoms with van der Waals surface area (Å²) in [5, 5.41) is 10.4. The third-order valence-electron chi connectivity index (χ3n) is 4.08. The van der Waals surface area contributed by atoms with Crippen LogP contribution in [0.4, 0.5) is 0 Å². The molecule has 1 atom stereocenters.